The van der Waals surface area contributed by atoms with Crippen LogP contribution in [0.15, 0.2) is 5.16 Å². The topological polar surface area (TPSA) is 50.7 Å². The normalized spacial score (nSPS) is 9.93. The van der Waals surface area contributed by atoms with Gasteiger partial charge in [-0.25, -0.2) is 0 Å². The van der Waals surface area contributed by atoms with Crippen LogP contribution in [0.4, 0.5) is 0 Å². The highest BCUT2D eigenvalue weighted by Crippen LogP contribution is 1.93. The van der Waals surface area contributed by atoms with E-state index in [4.69, 9.17) is 4.84 Å². The second-order valence-corrected chi connectivity index (χ2v) is 4.17. The van der Waals surface area contributed by atoms with Crippen molar-refractivity contribution in [3.8, 4) is 0 Å². The van der Waals surface area contributed by atoms with Crippen molar-refractivity contribution < 1.29 is 9.63 Å². The van der Waals surface area contributed by atoms with Crippen molar-refractivity contribution in [3.05, 3.63) is 0 Å². The molecule has 15 heavy (non-hydrogen) atoms. The maximum Gasteiger partial charge on any atom is 0.220 e. The minimum absolute atomic E-state index is 0.0875. The maximum atomic E-state index is 11.2. The molecule has 0 radical (unpaired) electrons. The third kappa shape index (κ3) is 10.9. The first kappa shape index (κ1) is 13.9. The van der Waals surface area contributed by atoms with E-state index in [9.17, 15) is 4.79 Å². The standard InChI is InChI=1S/C11H22N2O2/c1-9(2)8-12-11(14)6-5-7-15-13-10(3)4/h9H,5-8H2,1-4H3,(H,12,14). The van der Waals surface area contributed by atoms with Gasteiger partial charge in [-0.15, -0.1) is 0 Å². The molecule has 0 atom stereocenters. The molecular weight excluding hydrogens is 192 g/mol. The SMILES string of the molecule is CC(C)=NOCCCC(=O)NCC(C)C. The molecule has 88 valence electrons. The Bertz CT molecular complexity index is 209. The van der Waals surface area contributed by atoms with E-state index in [-0.39, 0.29) is 5.91 Å². The first-order valence-electron chi connectivity index (χ1n) is 5.42. The largest absolute Gasteiger partial charge is 0.396 e. The fraction of sp³-hybridized carbons (Fsp3) is 0.818. The fourth-order valence-corrected chi connectivity index (χ4v) is 0.878. The van der Waals surface area contributed by atoms with E-state index in [1.807, 2.05) is 13.8 Å². The molecule has 0 aromatic rings. The first-order valence-corrected chi connectivity index (χ1v) is 5.42. The molecule has 0 spiro atoms. The van der Waals surface area contributed by atoms with E-state index >= 15 is 0 Å². The van der Waals surface area contributed by atoms with Crippen LogP contribution in [0.3, 0.4) is 0 Å². The Hall–Kier alpha value is -1.06. The molecule has 0 bridgehead atoms. The van der Waals surface area contributed by atoms with Crippen molar-refractivity contribution in [1.82, 2.24) is 5.32 Å². The summed E-state index contributed by atoms with van der Waals surface area (Å²) in [6.45, 7) is 9.13. The zero-order chi connectivity index (χ0) is 11.7. The molecule has 4 heteroatoms. The van der Waals surface area contributed by atoms with Crippen LogP contribution in [-0.2, 0) is 9.63 Å². The van der Waals surface area contributed by atoms with E-state index in [1.165, 1.54) is 0 Å². The number of hydrogen-bond acceptors (Lipinski definition) is 3. The van der Waals surface area contributed by atoms with Crippen LogP contribution < -0.4 is 5.32 Å². The average Bonchev–Trinajstić information content (AvgIpc) is 2.13. The van der Waals surface area contributed by atoms with Gasteiger partial charge >= 0.3 is 0 Å². The summed E-state index contributed by atoms with van der Waals surface area (Å²) in [6.07, 6.45) is 1.21. The molecule has 0 saturated carbocycles. The summed E-state index contributed by atoms with van der Waals surface area (Å²) < 4.78 is 0. The molecule has 0 aromatic carbocycles. The van der Waals surface area contributed by atoms with Crippen molar-refractivity contribution in [2.75, 3.05) is 13.2 Å². The number of nitrogens with one attached hydrogen (secondary N) is 1. The molecule has 0 rings (SSSR count). The maximum absolute atomic E-state index is 11.2. The quantitative estimate of drug-likeness (QED) is 0.400. The van der Waals surface area contributed by atoms with Gasteiger partial charge in [-0.3, -0.25) is 4.79 Å². The summed E-state index contributed by atoms with van der Waals surface area (Å²) >= 11 is 0. The van der Waals surface area contributed by atoms with Crippen LogP contribution >= 0.6 is 0 Å². The monoisotopic (exact) mass is 214 g/mol. The molecule has 1 N–H and O–H groups in total. The average molecular weight is 214 g/mol. The molecule has 0 saturated heterocycles. The Morgan fingerprint density at radius 3 is 2.60 bits per heavy atom. The van der Waals surface area contributed by atoms with Gasteiger partial charge in [0.2, 0.25) is 5.91 Å². The lowest BCUT2D eigenvalue weighted by atomic mass is 10.2. The van der Waals surface area contributed by atoms with E-state index in [2.05, 4.69) is 24.3 Å². The molecule has 0 aliphatic rings. The lowest BCUT2D eigenvalue weighted by molar-refractivity contribution is -0.121. The van der Waals surface area contributed by atoms with Crippen molar-refractivity contribution in [2.45, 2.75) is 40.5 Å². The zero-order valence-corrected chi connectivity index (χ0v) is 10.2. The molecule has 0 aliphatic heterocycles. The summed E-state index contributed by atoms with van der Waals surface area (Å²) in [4.78, 5) is 16.2. The summed E-state index contributed by atoms with van der Waals surface area (Å²) in [6, 6.07) is 0. The number of hydrogen-bond donors (Lipinski definition) is 1. The van der Waals surface area contributed by atoms with E-state index < -0.39 is 0 Å². The highest BCUT2D eigenvalue weighted by atomic mass is 16.6. The van der Waals surface area contributed by atoms with Crippen LogP contribution in [0.25, 0.3) is 0 Å². The summed E-state index contributed by atoms with van der Waals surface area (Å²) in [5, 5.41) is 6.63. The van der Waals surface area contributed by atoms with E-state index in [0.29, 0.717) is 25.4 Å². The highest BCUT2D eigenvalue weighted by Gasteiger charge is 2.01. The molecular formula is C11H22N2O2. The first-order chi connectivity index (χ1) is 7.02. The zero-order valence-electron chi connectivity index (χ0n) is 10.2. The van der Waals surface area contributed by atoms with Crippen molar-refractivity contribution in [1.29, 1.82) is 0 Å². The summed E-state index contributed by atoms with van der Waals surface area (Å²) in [5.74, 6) is 0.585. The minimum atomic E-state index is 0.0875. The number of nitrogens with zero attached hydrogens (tertiary/aromatic N) is 1. The molecule has 0 fully saturated rings. The van der Waals surface area contributed by atoms with E-state index in [0.717, 1.165) is 12.3 Å². The number of oxime groups is 1. The number of carbonyl (C=O) groups is 1. The molecule has 0 unspecified atom stereocenters. The van der Waals surface area contributed by atoms with Gasteiger partial charge in [-0.1, -0.05) is 19.0 Å². The summed E-state index contributed by atoms with van der Waals surface area (Å²) in [5.41, 5.74) is 0.888. The van der Waals surface area contributed by atoms with Gasteiger partial charge in [0.25, 0.3) is 0 Å². The fourth-order valence-electron chi connectivity index (χ4n) is 0.878. The van der Waals surface area contributed by atoms with Gasteiger partial charge in [0.15, 0.2) is 0 Å². The van der Waals surface area contributed by atoms with Crippen molar-refractivity contribution in [2.24, 2.45) is 11.1 Å². The second kappa shape index (κ2) is 8.26. The Labute approximate surface area is 92.1 Å². The van der Waals surface area contributed by atoms with Gasteiger partial charge < -0.3 is 10.2 Å². The Kier molecular flexibility index (Phi) is 7.68. The van der Waals surface area contributed by atoms with Crippen molar-refractivity contribution in [3.63, 3.8) is 0 Å². The number of amides is 1. The third-order valence-electron chi connectivity index (χ3n) is 1.59. The van der Waals surface area contributed by atoms with Crippen molar-refractivity contribution >= 4 is 11.6 Å². The van der Waals surface area contributed by atoms with Crippen LogP contribution in [0.1, 0.15) is 40.5 Å². The van der Waals surface area contributed by atoms with Gasteiger partial charge in [0.05, 0.1) is 5.71 Å². The Morgan fingerprint density at radius 1 is 1.40 bits per heavy atom. The lowest BCUT2D eigenvalue weighted by Gasteiger charge is -2.06. The van der Waals surface area contributed by atoms with Gasteiger partial charge in [-0.05, 0) is 26.2 Å². The lowest BCUT2D eigenvalue weighted by Crippen LogP contribution is -2.27. The highest BCUT2D eigenvalue weighted by molar-refractivity contribution is 5.78. The molecule has 4 nitrogen and oxygen atoms in total. The number of rotatable bonds is 7. The van der Waals surface area contributed by atoms with Gasteiger partial charge in [0.1, 0.15) is 6.61 Å². The molecule has 0 aromatic heterocycles. The molecule has 0 aliphatic carbocycles. The predicted molar refractivity (Wildman–Crippen MR) is 61.8 cm³/mol. The van der Waals surface area contributed by atoms with Gasteiger partial charge in [-0.2, -0.15) is 0 Å². The van der Waals surface area contributed by atoms with Crippen LogP contribution in [0, 0.1) is 5.92 Å². The van der Waals surface area contributed by atoms with Gasteiger partial charge in [0, 0.05) is 13.0 Å². The van der Waals surface area contributed by atoms with Crippen LogP contribution in [0.5, 0.6) is 0 Å². The third-order valence-corrected chi connectivity index (χ3v) is 1.59. The minimum Gasteiger partial charge on any atom is -0.396 e. The molecule has 0 heterocycles. The Balaban J connectivity index is 3.35. The van der Waals surface area contributed by atoms with Crippen LogP contribution in [-0.4, -0.2) is 24.8 Å². The predicted octanol–water partition coefficient (Wildman–Crippen LogP) is 1.95. The Morgan fingerprint density at radius 2 is 2.07 bits per heavy atom. The smallest absolute Gasteiger partial charge is 0.220 e. The number of carbonyl (C=O) groups excluding carboxylic acids is 1. The second-order valence-electron chi connectivity index (χ2n) is 4.17. The van der Waals surface area contributed by atoms with E-state index in [1.54, 1.807) is 0 Å². The molecule has 1 amide bonds. The van der Waals surface area contributed by atoms with Crippen LogP contribution in [0.2, 0.25) is 0 Å². The summed E-state index contributed by atoms with van der Waals surface area (Å²) in [7, 11) is 0.